The molecule has 2 rings (SSSR count). The summed E-state index contributed by atoms with van der Waals surface area (Å²) in [5.74, 6) is 0.619. The molecule has 1 saturated heterocycles. The summed E-state index contributed by atoms with van der Waals surface area (Å²) >= 11 is 6.22. The summed E-state index contributed by atoms with van der Waals surface area (Å²) < 4.78 is 5.58. The zero-order chi connectivity index (χ0) is 19.0. The number of likely N-dealkylation sites (N-methyl/N-ethyl adjacent to an activating group) is 1. The van der Waals surface area contributed by atoms with E-state index >= 15 is 0 Å². The van der Waals surface area contributed by atoms with Gasteiger partial charge in [0.1, 0.15) is 6.54 Å². The molecule has 8 heteroatoms. The monoisotopic (exact) mass is 508 g/mol. The molecule has 0 saturated carbocycles. The van der Waals surface area contributed by atoms with Gasteiger partial charge in [0.25, 0.3) is 0 Å². The van der Waals surface area contributed by atoms with E-state index in [2.05, 4.69) is 21.7 Å². The molecule has 0 atom stereocenters. The summed E-state index contributed by atoms with van der Waals surface area (Å²) in [6.45, 7) is 5.01. The number of ether oxygens (including phenoxy) is 1. The first-order valence-corrected chi connectivity index (χ1v) is 9.41. The highest BCUT2D eigenvalue weighted by molar-refractivity contribution is 14.0. The van der Waals surface area contributed by atoms with Gasteiger partial charge in [0, 0.05) is 50.8 Å². The van der Waals surface area contributed by atoms with Gasteiger partial charge in [0.05, 0.1) is 0 Å². The smallest absolute Gasteiger partial charge is 0.243 e. The average Bonchev–Trinajstić information content (AvgIpc) is 2.64. The Balaban J connectivity index is 0.00000364. The fraction of sp³-hybridized carbons (Fsp3) is 0.579. The minimum Gasteiger partial charge on any atom is -0.381 e. The summed E-state index contributed by atoms with van der Waals surface area (Å²) in [5, 5.41) is 7.36. The summed E-state index contributed by atoms with van der Waals surface area (Å²) in [5.41, 5.74) is 1.14. The molecule has 0 radical (unpaired) electrons. The molecule has 152 valence electrons. The van der Waals surface area contributed by atoms with Gasteiger partial charge in [-0.15, -0.1) is 24.0 Å². The molecule has 0 aliphatic carbocycles. The Labute approximate surface area is 184 Å². The molecule has 6 nitrogen and oxygen atoms in total. The number of carbonyl (C=O) groups excluding carboxylic acids is 1. The largest absolute Gasteiger partial charge is 0.381 e. The lowest BCUT2D eigenvalue weighted by atomic mass is 9.74. The van der Waals surface area contributed by atoms with Gasteiger partial charge >= 0.3 is 0 Å². The van der Waals surface area contributed by atoms with Crippen LogP contribution in [0.1, 0.15) is 25.3 Å². The lowest BCUT2D eigenvalue weighted by molar-refractivity contribution is -0.127. The van der Waals surface area contributed by atoms with E-state index in [-0.39, 0.29) is 41.8 Å². The third-order valence-electron chi connectivity index (χ3n) is 4.70. The van der Waals surface area contributed by atoms with Crippen molar-refractivity contribution in [2.24, 2.45) is 4.99 Å². The topological polar surface area (TPSA) is 66.0 Å². The van der Waals surface area contributed by atoms with Crippen LogP contribution in [0.25, 0.3) is 0 Å². The second kappa shape index (κ2) is 11.7. The molecule has 0 spiro atoms. The molecule has 1 amide bonds. The highest BCUT2D eigenvalue weighted by Crippen LogP contribution is 2.35. The molecule has 1 fully saturated rings. The number of carbonyl (C=O) groups is 1. The van der Waals surface area contributed by atoms with Crippen LogP contribution in [-0.2, 0) is 14.9 Å². The number of hydrogen-bond acceptors (Lipinski definition) is 3. The lowest BCUT2D eigenvalue weighted by Gasteiger charge is -2.38. The summed E-state index contributed by atoms with van der Waals surface area (Å²) in [6, 6.07) is 8.04. The fourth-order valence-electron chi connectivity index (χ4n) is 3.03. The molecule has 1 aromatic carbocycles. The van der Waals surface area contributed by atoms with Crippen LogP contribution in [0.15, 0.2) is 29.3 Å². The van der Waals surface area contributed by atoms with E-state index in [0.717, 1.165) is 37.6 Å². The van der Waals surface area contributed by atoms with Crippen molar-refractivity contribution in [3.8, 4) is 0 Å². The molecule has 0 aromatic heterocycles. The van der Waals surface area contributed by atoms with Crippen LogP contribution in [0.3, 0.4) is 0 Å². The molecular formula is C19H30ClIN4O2. The van der Waals surface area contributed by atoms with Gasteiger partial charge in [-0.2, -0.15) is 0 Å². The number of benzene rings is 1. The molecular weight excluding hydrogens is 479 g/mol. The first-order valence-electron chi connectivity index (χ1n) is 9.03. The molecule has 1 aliphatic heterocycles. The number of nitrogens with zero attached hydrogens (tertiary/aromatic N) is 2. The third-order valence-corrected chi connectivity index (χ3v) is 4.93. The molecule has 0 bridgehead atoms. The number of amides is 1. The van der Waals surface area contributed by atoms with Crippen LogP contribution < -0.4 is 10.6 Å². The number of rotatable bonds is 6. The number of guanidine groups is 1. The zero-order valence-corrected chi connectivity index (χ0v) is 19.3. The zero-order valence-electron chi connectivity index (χ0n) is 16.3. The number of nitrogens with one attached hydrogen (secondary N) is 2. The first-order chi connectivity index (χ1) is 12.5. The van der Waals surface area contributed by atoms with Gasteiger partial charge in [-0.1, -0.05) is 23.7 Å². The van der Waals surface area contributed by atoms with Crippen molar-refractivity contribution in [3.63, 3.8) is 0 Å². The Morgan fingerprint density at radius 1 is 1.30 bits per heavy atom. The Morgan fingerprint density at radius 2 is 2.00 bits per heavy atom. The molecule has 1 aromatic rings. The summed E-state index contributed by atoms with van der Waals surface area (Å²) in [4.78, 5) is 17.8. The lowest BCUT2D eigenvalue weighted by Crippen LogP contribution is -2.48. The standard InChI is InChI=1S/C19H29ClN4O2.HI/c1-4-21-18(22-13-17(25)24(2)3)23-14-19(8-10-26-11-9-19)15-6-5-7-16(20)12-15;/h5-7,12H,4,8-11,13-14H2,1-3H3,(H2,21,22,23);1H. The maximum Gasteiger partial charge on any atom is 0.243 e. The van der Waals surface area contributed by atoms with Crippen molar-refractivity contribution in [3.05, 3.63) is 34.9 Å². The molecule has 27 heavy (non-hydrogen) atoms. The van der Waals surface area contributed by atoms with Crippen molar-refractivity contribution in [1.29, 1.82) is 0 Å². The highest BCUT2D eigenvalue weighted by atomic mass is 127. The Bertz CT molecular complexity index is 634. The first kappa shape index (κ1) is 24.0. The van der Waals surface area contributed by atoms with E-state index < -0.39 is 0 Å². The van der Waals surface area contributed by atoms with E-state index in [1.165, 1.54) is 5.56 Å². The second-order valence-corrected chi connectivity index (χ2v) is 7.18. The van der Waals surface area contributed by atoms with Crippen molar-refractivity contribution in [2.45, 2.75) is 25.2 Å². The van der Waals surface area contributed by atoms with E-state index in [1.807, 2.05) is 25.1 Å². The van der Waals surface area contributed by atoms with Gasteiger partial charge in [-0.05, 0) is 37.5 Å². The average molecular weight is 509 g/mol. The van der Waals surface area contributed by atoms with Crippen molar-refractivity contribution < 1.29 is 9.53 Å². The maximum absolute atomic E-state index is 11.8. The van der Waals surface area contributed by atoms with Crippen molar-refractivity contribution in [2.75, 3.05) is 46.9 Å². The molecule has 1 aliphatic rings. The van der Waals surface area contributed by atoms with Crippen LogP contribution >= 0.6 is 35.6 Å². The minimum atomic E-state index is -0.0646. The van der Waals surface area contributed by atoms with Gasteiger partial charge in [-0.25, -0.2) is 4.99 Å². The quantitative estimate of drug-likeness (QED) is 0.352. The maximum atomic E-state index is 11.8. The third kappa shape index (κ3) is 7.12. The number of hydrogen-bond donors (Lipinski definition) is 2. The predicted octanol–water partition coefficient (Wildman–Crippen LogP) is 2.65. The van der Waals surface area contributed by atoms with E-state index in [4.69, 9.17) is 16.3 Å². The van der Waals surface area contributed by atoms with E-state index in [1.54, 1.807) is 19.0 Å². The Hall–Kier alpha value is -1.06. The van der Waals surface area contributed by atoms with E-state index in [0.29, 0.717) is 12.5 Å². The van der Waals surface area contributed by atoms with Crippen molar-refractivity contribution >= 4 is 47.4 Å². The van der Waals surface area contributed by atoms with Crippen LogP contribution in [0.2, 0.25) is 5.02 Å². The van der Waals surface area contributed by atoms with Gasteiger partial charge < -0.3 is 20.3 Å². The fourth-order valence-corrected chi connectivity index (χ4v) is 3.22. The normalized spacial score (nSPS) is 16.2. The summed E-state index contributed by atoms with van der Waals surface area (Å²) in [6.07, 6.45) is 1.83. The van der Waals surface area contributed by atoms with Crippen LogP contribution in [0, 0.1) is 0 Å². The molecule has 2 N–H and O–H groups in total. The van der Waals surface area contributed by atoms with Gasteiger partial charge in [-0.3, -0.25) is 4.79 Å². The SMILES string of the molecule is CCNC(=NCC(=O)N(C)C)NCC1(c2cccc(Cl)c2)CCOCC1.I. The van der Waals surface area contributed by atoms with Gasteiger partial charge in [0.2, 0.25) is 5.91 Å². The van der Waals surface area contributed by atoms with Gasteiger partial charge in [0.15, 0.2) is 5.96 Å². The number of aliphatic imine (C=N–C) groups is 1. The van der Waals surface area contributed by atoms with Crippen molar-refractivity contribution in [1.82, 2.24) is 15.5 Å². The molecule has 1 heterocycles. The predicted molar refractivity (Wildman–Crippen MR) is 121 cm³/mol. The minimum absolute atomic E-state index is 0. The second-order valence-electron chi connectivity index (χ2n) is 6.74. The highest BCUT2D eigenvalue weighted by Gasteiger charge is 2.34. The Kier molecular flexibility index (Phi) is 10.4. The molecule has 0 unspecified atom stereocenters. The van der Waals surface area contributed by atoms with Crippen LogP contribution in [0.4, 0.5) is 0 Å². The van der Waals surface area contributed by atoms with Crippen LogP contribution in [0.5, 0.6) is 0 Å². The number of halogens is 2. The Morgan fingerprint density at radius 3 is 2.59 bits per heavy atom. The van der Waals surface area contributed by atoms with Crippen LogP contribution in [-0.4, -0.2) is 63.7 Å². The summed E-state index contributed by atoms with van der Waals surface area (Å²) in [7, 11) is 3.46. The van der Waals surface area contributed by atoms with E-state index in [9.17, 15) is 4.79 Å².